The molecule has 0 spiro atoms. The Labute approximate surface area is 171 Å². The van der Waals surface area contributed by atoms with Gasteiger partial charge in [-0.15, -0.1) is 0 Å². The van der Waals surface area contributed by atoms with Crippen molar-refractivity contribution in [2.75, 3.05) is 44.6 Å². The van der Waals surface area contributed by atoms with Crippen molar-refractivity contribution in [1.82, 2.24) is 13.5 Å². The van der Waals surface area contributed by atoms with Crippen LogP contribution in [0, 0.1) is 5.82 Å². The highest BCUT2D eigenvalue weighted by atomic mass is 32.2. The van der Waals surface area contributed by atoms with E-state index in [9.17, 15) is 17.6 Å². The maximum absolute atomic E-state index is 13.3. The van der Waals surface area contributed by atoms with Crippen molar-refractivity contribution in [3.8, 4) is 0 Å². The van der Waals surface area contributed by atoms with Crippen LogP contribution in [-0.4, -0.2) is 85.4 Å². The molecule has 0 saturated carbocycles. The van der Waals surface area contributed by atoms with Gasteiger partial charge in [0.1, 0.15) is 5.82 Å². The molecule has 1 N–H and O–H groups in total. The van der Waals surface area contributed by atoms with Crippen LogP contribution in [-0.2, 0) is 19.7 Å². The maximum Gasteiger partial charge on any atom is 0.282 e. The first-order chi connectivity index (χ1) is 13.7. The second-order valence-electron chi connectivity index (χ2n) is 7.69. The highest BCUT2D eigenvalue weighted by molar-refractivity contribution is 7.86. The number of halogens is 1. The summed E-state index contributed by atoms with van der Waals surface area (Å²) in [7, 11) is -3.56. The van der Waals surface area contributed by atoms with Gasteiger partial charge in [0.25, 0.3) is 10.2 Å². The monoisotopic (exact) mass is 428 g/mol. The number of anilines is 1. The van der Waals surface area contributed by atoms with Crippen LogP contribution in [0.15, 0.2) is 24.3 Å². The zero-order chi connectivity index (χ0) is 21.2. The molecule has 2 fully saturated rings. The number of rotatable bonds is 5. The van der Waals surface area contributed by atoms with Crippen molar-refractivity contribution in [3.63, 3.8) is 0 Å². The third-order valence-electron chi connectivity index (χ3n) is 5.33. The van der Waals surface area contributed by atoms with E-state index in [4.69, 9.17) is 4.74 Å². The average Bonchev–Trinajstić information content (AvgIpc) is 2.66. The van der Waals surface area contributed by atoms with E-state index in [0.29, 0.717) is 45.0 Å². The smallest absolute Gasteiger partial charge is 0.282 e. The summed E-state index contributed by atoms with van der Waals surface area (Å²) in [6, 6.07) is 5.29. The van der Waals surface area contributed by atoms with Crippen molar-refractivity contribution in [2.45, 2.75) is 39.0 Å². The number of carbonyl (C=O) groups is 1. The number of nitrogens with one attached hydrogen (secondary N) is 1. The minimum atomic E-state index is -3.56. The number of piperazine rings is 1. The van der Waals surface area contributed by atoms with Crippen molar-refractivity contribution in [3.05, 3.63) is 30.1 Å². The highest BCUT2D eigenvalue weighted by Gasteiger charge is 2.37. The third-order valence-corrected chi connectivity index (χ3v) is 7.30. The Morgan fingerprint density at radius 2 is 1.76 bits per heavy atom. The number of hydrogen-bond donors (Lipinski definition) is 1. The Morgan fingerprint density at radius 3 is 2.34 bits per heavy atom. The first-order valence-electron chi connectivity index (χ1n) is 9.88. The van der Waals surface area contributed by atoms with E-state index in [-0.39, 0.29) is 18.1 Å². The molecule has 2 aliphatic heterocycles. The number of nitrogens with zero attached hydrogens (tertiary/aromatic N) is 3. The van der Waals surface area contributed by atoms with E-state index in [1.807, 2.05) is 18.7 Å². The van der Waals surface area contributed by atoms with E-state index >= 15 is 0 Å². The lowest BCUT2D eigenvalue weighted by atomic mass is 10.2. The Morgan fingerprint density at radius 1 is 1.14 bits per heavy atom. The lowest BCUT2D eigenvalue weighted by Gasteiger charge is -2.41. The normalized spacial score (nSPS) is 26.2. The van der Waals surface area contributed by atoms with Gasteiger partial charge in [0, 0.05) is 45.0 Å². The fourth-order valence-electron chi connectivity index (χ4n) is 3.78. The molecule has 2 aliphatic rings. The Kier molecular flexibility index (Phi) is 6.90. The minimum Gasteiger partial charge on any atom is -0.373 e. The molecule has 2 saturated heterocycles. The van der Waals surface area contributed by atoms with Gasteiger partial charge in [0.05, 0.1) is 18.2 Å². The molecule has 3 rings (SSSR count). The number of carbonyl (C=O) groups excluding carboxylic acids is 1. The van der Waals surface area contributed by atoms with Gasteiger partial charge in [0.15, 0.2) is 0 Å². The summed E-state index contributed by atoms with van der Waals surface area (Å²) in [5, 5.41) is 2.71. The fourth-order valence-corrected chi connectivity index (χ4v) is 5.53. The van der Waals surface area contributed by atoms with Crippen molar-refractivity contribution >= 4 is 21.8 Å². The SMILES string of the molecule is C[C@@H]1CN(S(=O)(=O)N2CCN([C@@H](C)C(=O)Nc3cccc(F)c3)CC2)C[C@H](C)O1. The molecule has 162 valence electrons. The molecular weight excluding hydrogens is 399 g/mol. The Hall–Kier alpha value is -1.59. The van der Waals surface area contributed by atoms with Gasteiger partial charge in [-0.3, -0.25) is 9.69 Å². The predicted molar refractivity (Wildman–Crippen MR) is 108 cm³/mol. The Balaban J connectivity index is 1.56. The van der Waals surface area contributed by atoms with Crippen molar-refractivity contribution in [2.24, 2.45) is 0 Å². The first kappa shape index (κ1) is 22.1. The second kappa shape index (κ2) is 9.05. The topological polar surface area (TPSA) is 82.2 Å². The van der Waals surface area contributed by atoms with E-state index in [1.54, 1.807) is 13.0 Å². The summed E-state index contributed by atoms with van der Waals surface area (Å²) < 4.78 is 47.8. The van der Waals surface area contributed by atoms with E-state index < -0.39 is 22.1 Å². The lowest BCUT2D eigenvalue weighted by molar-refractivity contribution is -0.121. The van der Waals surface area contributed by atoms with Crippen LogP contribution >= 0.6 is 0 Å². The molecule has 1 amide bonds. The third kappa shape index (κ3) is 5.32. The van der Waals surface area contributed by atoms with E-state index in [0.717, 1.165) is 0 Å². The van der Waals surface area contributed by atoms with Gasteiger partial charge in [-0.1, -0.05) is 6.07 Å². The van der Waals surface area contributed by atoms with E-state index in [2.05, 4.69) is 5.32 Å². The van der Waals surface area contributed by atoms with Crippen molar-refractivity contribution in [1.29, 1.82) is 0 Å². The van der Waals surface area contributed by atoms with Gasteiger partial charge in [-0.25, -0.2) is 4.39 Å². The van der Waals surface area contributed by atoms with Crippen LogP contribution in [0.3, 0.4) is 0 Å². The number of hydrogen-bond acceptors (Lipinski definition) is 5. The largest absolute Gasteiger partial charge is 0.373 e. The average molecular weight is 429 g/mol. The molecule has 29 heavy (non-hydrogen) atoms. The van der Waals surface area contributed by atoms with Crippen LogP contribution in [0.5, 0.6) is 0 Å². The standard InChI is InChI=1S/C19H29FN4O4S/c1-14-12-24(13-15(2)28-14)29(26,27)23-9-7-22(8-10-23)16(3)19(25)21-18-6-4-5-17(20)11-18/h4-6,11,14-16H,7-10,12-13H2,1-3H3,(H,21,25)/t14-,15+,16-/m0/s1. The number of ether oxygens (including phenoxy) is 1. The summed E-state index contributed by atoms with van der Waals surface area (Å²) in [6.07, 6.45) is -0.275. The van der Waals surface area contributed by atoms with Crippen LogP contribution in [0.1, 0.15) is 20.8 Å². The number of morpholine rings is 1. The van der Waals surface area contributed by atoms with Gasteiger partial charge >= 0.3 is 0 Å². The van der Waals surface area contributed by atoms with Gasteiger partial charge in [-0.2, -0.15) is 17.0 Å². The van der Waals surface area contributed by atoms with Crippen LogP contribution in [0.2, 0.25) is 0 Å². The fraction of sp³-hybridized carbons (Fsp3) is 0.632. The molecule has 0 unspecified atom stereocenters. The first-order valence-corrected chi connectivity index (χ1v) is 11.3. The van der Waals surface area contributed by atoms with Crippen LogP contribution in [0.4, 0.5) is 10.1 Å². The van der Waals surface area contributed by atoms with Crippen molar-refractivity contribution < 1.29 is 22.3 Å². The molecule has 0 aromatic heterocycles. The maximum atomic E-state index is 13.3. The lowest BCUT2D eigenvalue weighted by Crippen LogP contribution is -2.58. The number of amides is 1. The molecule has 2 heterocycles. The van der Waals surface area contributed by atoms with Gasteiger partial charge in [-0.05, 0) is 39.0 Å². The molecular formula is C19H29FN4O4S. The van der Waals surface area contributed by atoms with Crippen LogP contribution < -0.4 is 5.32 Å². The molecule has 0 bridgehead atoms. The Bertz CT molecular complexity index is 819. The number of benzene rings is 1. The molecule has 8 nitrogen and oxygen atoms in total. The summed E-state index contributed by atoms with van der Waals surface area (Å²) in [4.78, 5) is 14.4. The molecule has 0 aliphatic carbocycles. The summed E-state index contributed by atoms with van der Waals surface area (Å²) >= 11 is 0. The minimum absolute atomic E-state index is 0.138. The quantitative estimate of drug-likeness (QED) is 0.760. The zero-order valence-electron chi connectivity index (χ0n) is 17.0. The molecule has 10 heteroatoms. The molecule has 0 radical (unpaired) electrons. The van der Waals surface area contributed by atoms with Gasteiger partial charge < -0.3 is 10.1 Å². The molecule has 1 aromatic rings. The predicted octanol–water partition coefficient (Wildman–Crippen LogP) is 1.12. The molecule has 1 aromatic carbocycles. The summed E-state index contributed by atoms with van der Waals surface area (Å²) in [5.74, 6) is -0.663. The molecule has 3 atom stereocenters. The zero-order valence-corrected chi connectivity index (χ0v) is 17.9. The van der Waals surface area contributed by atoms with E-state index in [1.165, 1.54) is 26.8 Å². The summed E-state index contributed by atoms with van der Waals surface area (Å²) in [6.45, 7) is 7.74. The van der Waals surface area contributed by atoms with Crippen LogP contribution in [0.25, 0.3) is 0 Å². The second-order valence-corrected chi connectivity index (χ2v) is 9.62. The summed E-state index contributed by atoms with van der Waals surface area (Å²) in [5.41, 5.74) is 0.402. The van der Waals surface area contributed by atoms with Gasteiger partial charge in [0.2, 0.25) is 5.91 Å². The highest BCUT2D eigenvalue weighted by Crippen LogP contribution is 2.20.